The summed E-state index contributed by atoms with van der Waals surface area (Å²) in [5.41, 5.74) is 2.38. The highest BCUT2D eigenvalue weighted by atomic mass is 16.5. The van der Waals surface area contributed by atoms with Gasteiger partial charge < -0.3 is 9.68 Å². The second kappa shape index (κ2) is 6.46. The lowest BCUT2D eigenvalue weighted by Crippen LogP contribution is -2.00. The first-order valence-electron chi connectivity index (χ1n) is 8.92. The number of fused-ring (bicyclic) bond motifs is 3. The normalized spacial score (nSPS) is 11.1. The van der Waals surface area contributed by atoms with Crippen LogP contribution in [0, 0.1) is 0 Å². The standard InChI is InChI=1S/C24H16BO2/c26-25-27-23-14-6-13-21-22(23)15-17-8-2-4-11-19(17)24(21)20-12-5-9-16-7-1-3-10-18(16)20/h1-15,26H. The number of hydrogen-bond acceptors (Lipinski definition) is 2. The fourth-order valence-corrected chi connectivity index (χ4v) is 3.96. The number of benzene rings is 5. The van der Waals surface area contributed by atoms with Crippen molar-refractivity contribution < 1.29 is 9.68 Å². The van der Waals surface area contributed by atoms with Crippen LogP contribution in [0.3, 0.4) is 0 Å². The highest BCUT2D eigenvalue weighted by Crippen LogP contribution is 2.41. The van der Waals surface area contributed by atoms with E-state index < -0.39 is 0 Å². The molecular weight excluding hydrogens is 331 g/mol. The molecule has 0 aliphatic rings. The molecule has 0 heterocycles. The Kier molecular flexibility index (Phi) is 3.81. The van der Waals surface area contributed by atoms with Crippen molar-refractivity contribution in [2.24, 2.45) is 0 Å². The van der Waals surface area contributed by atoms with E-state index in [-0.39, 0.29) is 0 Å². The zero-order chi connectivity index (χ0) is 18.2. The lowest BCUT2D eigenvalue weighted by molar-refractivity contribution is 0.457. The molecule has 0 saturated heterocycles. The quantitative estimate of drug-likeness (QED) is 0.334. The van der Waals surface area contributed by atoms with Crippen molar-refractivity contribution in [3.8, 4) is 16.9 Å². The molecule has 1 N–H and O–H groups in total. The fourth-order valence-electron chi connectivity index (χ4n) is 3.96. The second-order valence-corrected chi connectivity index (χ2v) is 6.57. The van der Waals surface area contributed by atoms with Crippen LogP contribution >= 0.6 is 0 Å². The van der Waals surface area contributed by atoms with Gasteiger partial charge in [0.05, 0.1) is 0 Å². The first-order chi connectivity index (χ1) is 13.4. The van der Waals surface area contributed by atoms with Crippen molar-refractivity contribution in [3.63, 3.8) is 0 Å². The minimum atomic E-state index is 0.641. The van der Waals surface area contributed by atoms with Crippen molar-refractivity contribution in [2.75, 3.05) is 0 Å². The minimum Gasteiger partial charge on any atom is -0.537 e. The summed E-state index contributed by atoms with van der Waals surface area (Å²) in [7, 11) is 0.738. The highest BCUT2D eigenvalue weighted by molar-refractivity contribution is 6.20. The Morgan fingerprint density at radius 1 is 0.593 bits per heavy atom. The Morgan fingerprint density at radius 2 is 1.26 bits per heavy atom. The van der Waals surface area contributed by atoms with Gasteiger partial charge in [-0.25, -0.2) is 0 Å². The van der Waals surface area contributed by atoms with E-state index in [4.69, 9.17) is 4.65 Å². The van der Waals surface area contributed by atoms with Gasteiger partial charge >= 0.3 is 7.69 Å². The van der Waals surface area contributed by atoms with Gasteiger partial charge in [0.2, 0.25) is 0 Å². The van der Waals surface area contributed by atoms with Crippen LogP contribution in [0.2, 0.25) is 0 Å². The topological polar surface area (TPSA) is 29.5 Å². The summed E-state index contributed by atoms with van der Waals surface area (Å²) in [5, 5.41) is 16.0. The average Bonchev–Trinajstić information content (AvgIpc) is 2.72. The smallest absolute Gasteiger partial charge is 0.537 e. The van der Waals surface area contributed by atoms with E-state index in [2.05, 4.69) is 72.8 Å². The van der Waals surface area contributed by atoms with Gasteiger partial charge in [-0.05, 0) is 50.2 Å². The van der Waals surface area contributed by atoms with Crippen LogP contribution in [-0.4, -0.2) is 12.7 Å². The Balaban J connectivity index is 1.99. The maximum absolute atomic E-state index is 9.17. The van der Waals surface area contributed by atoms with E-state index in [1.54, 1.807) is 0 Å². The molecule has 0 aromatic heterocycles. The summed E-state index contributed by atoms with van der Waals surface area (Å²) in [5.74, 6) is 0.641. The maximum Gasteiger partial charge on any atom is 0.569 e. The Bertz CT molecular complexity index is 1290. The van der Waals surface area contributed by atoms with Crippen LogP contribution < -0.4 is 4.65 Å². The molecule has 5 rings (SSSR count). The van der Waals surface area contributed by atoms with Crippen LogP contribution in [0.15, 0.2) is 91.0 Å². The predicted octanol–water partition coefficient (Wildman–Crippen LogP) is 5.72. The third-order valence-corrected chi connectivity index (χ3v) is 5.10. The van der Waals surface area contributed by atoms with E-state index >= 15 is 0 Å². The van der Waals surface area contributed by atoms with E-state index in [9.17, 15) is 5.02 Å². The van der Waals surface area contributed by atoms with Crippen LogP contribution in [0.25, 0.3) is 43.4 Å². The van der Waals surface area contributed by atoms with Gasteiger partial charge in [0, 0.05) is 5.39 Å². The molecule has 0 atom stereocenters. The zero-order valence-electron chi connectivity index (χ0n) is 14.6. The third kappa shape index (κ3) is 2.56. The molecule has 127 valence electrons. The summed E-state index contributed by atoms with van der Waals surface area (Å²) in [6, 6.07) is 31.3. The van der Waals surface area contributed by atoms with E-state index in [0.717, 1.165) is 23.8 Å². The lowest BCUT2D eigenvalue weighted by Gasteiger charge is -2.16. The van der Waals surface area contributed by atoms with Gasteiger partial charge in [0.1, 0.15) is 5.75 Å². The van der Waals surface area contributed by atoms with Gasteiger partial charge in [0.15, 0.2) is 0 Å². The molecule has 0 aliphatic carbocycles. The zero-order valence-corrected chi connectivity index (χ0v) is 14.6. The van der Waals surface area contributed by atoms with Crippen LogP contribution in [0.4, 0.5) is 0 Å². The minimum absolute atomic E-state index is 0.641. The fraction of sp³-hybridized carbons (Fsp3) is 0. The van der Waals surface area contributed by atoms with Gasteiger partial charge in [-0.15, -0.1) is 0 Å². The molecular formula is C24H16BO2. The molecule has 0 bridgehead atoms. The van der Waals surface area contributed by atoms with Crippen molar-refractivity contribution in [2.45, 2.75) is 0 Å². The maximum atomic E-state index is 9.17. The average molecular weight is 347 g/mol. The van der Waals surface area contributed by atoms with Gasteiger partial charge in [-0.3, -0.25) is 0 Å². The molecule has 0 spiro atoms. The molecule has 0 aliphatic heterocycles. The van der Waals surface area contributed by atoms with Crippen molar-refractivity contribution in [1.29, 1.82) is 0 Å². The largest absolute Gasteiger partial charge is 0.569 e. The van der Waals surface area contributed by atoms with Crippen LogP contribution in [-0.2, 0) is 0 Å². The molecule has 0 fully saturated rings. The third-order valence-electron chi connectivity index (χ3n) is 5.10. The van der Waals surface area contributed by atoms with Gasteiger partial charge in [-0.2, -0.15) is 0 Å². The first kappa shape index (κ1) is 15.9. The SMILES string of the molecule is O[B]Oc1cccc2c(-c3cccc4ccccc34)c3ccccc3cc12. The second-order valence-electron chi connectivity index (χ2n) is 6.57. The summed E-state index contributed by atoms with van der Waals surface area (Å²) in [4.78, 5) is 0. The molecule has 3 heteroatoms. The Labute approximate surface area is 157 Å². The molecule has 2 nitrogen and oxygen atoms in total. The van der Waals surface area contributed by atoms with Crippen LogP contribution in [0.1, 0.15) is 0 Å². The first-order valence-corrected chi connectivity index (χ1v) is 8.92. The molecule has 27 heavy (non-hydrogen) atoms. The summed E-state index contributed by atoms with van der Waals surface area (Å²) in [6.07, 6.45) is 0. The monoisotopic (exact) mass is 347 g/mol. The Hall–Kier alpha value is -3.30. The van der Waals surface area contributed by atoms with Crippen molar-refractivity contribution in [3.05, 3.63) is 91.0 Å². The van der Waals surface area contributed by atoms with E-state index in [0.29, 0.717) is 5.75 Å². The molecule has 0 amide bonds. The number of rotatable bonds is 3. The van der Waals surface area contributed by atoms with Gasteiger partial charge in [0.25, 0.3) is 0 Å². The predicted molar refractivity (Wildman–Crippen MR) is 113 cm³/mol. The van der Waals surface area contributed by atoms with Crippen molar-refractivity contribution >= 4 is 40.0 Å². The van der Waals surface area contributed by atoms with Crippen LogP contribution in [0.5, 0.6) is 5.75 Å². The molecule has 0 unspecified atom stereocenters. The van der Waals surface area contributed by atoms with Crippen molar-refractivity contribution in [1.82, 2.24) is 0 Å². The van der Waals surface area contributed by atoms with E-state index in [1.807, 2.05) is 18.2 Å². The highest BCUT2D eigenvalue weighted by Gasteiger charge is 2.14. The van der Waals surface area contributed by atoms with E-state index in [1.165, 1.54) is 27.3 Å². The molecule has 0 saturated carbocycles. The lowest BCUT2D eigenvalue weighted by atomic mass is 9.89. The Morgan fingerprint density at radius 3 is 2.11 bits per heavy atom. The summed E-state index contributed by atoms with van der Waals surface area (Å²) >= 11 is 0. The summed E-state index contributed by atoms with van der Waals surface area (Å²) < 4.78 is 5.38. The number of hydrogen-bond donors (Lipinski definition) is 1. The molecule has 5 aromatic rings. The summed E-state index contributed by atoms with van der Waals surface area (Å²) in [6.45, 7) is 0. The molecule has 5 aromatic carbocycles. The van der Waals surface area contributed by atoms with Gasteiger partial charge in [-0.1, -0.05) is 78.9 Å². The molecule has 1 radical (unpaired) electrons.